The number of aliphatic hydroxyl groups excluding tert-OH is 2. The Kier molecular flexibility index (Phi) is 44.0. The summed E-state index contributed by atoms with van der Waals surface area (Å²) in [4.78, 5) is 0. The Bertz CT molecular complexity index is 973. The smallest absolute Gasteiger partial charge is 1.00 e. The summed E-state index contributed by atoms with van der Waals surface area (Å²) in [6.07, 6.45) is -10.5. The van der Waals surface area contributed by atoms with Gasteiger partial charge in [0.25, 0.3) is 0 Å². The largest absolute Gasteiger partial charge is 1.00 e. The van der Waals surface area contributed by atoms with Gasteiger partial charge in [-0.2, -0.15) is 50.7 Å². The van der Waals surface area contributed by atoms with Crippen molar-refractivity contribution in [3.63, 3.8) is 0 Å². The summed E-state index contributed by atoms with van der Waals surface area (Å²) in [5.74, 6) is 0.704. The van der Waals surface area contributed by atoms with Gasteiger partial charge in [0.1, 0.15) is 36.6 Å². The molecule has 0 rings (SSSR count). The molecule has 0 bridgehead atoms. The van der Waals surface area contributed by atoms with Crippen LogP contribution in [0.3, 0.4) is 0 Å². The van der Waals surface area contributed by atoms with Crippen molar-refractivity contribution < 1.29 is 128 Å². The van der Waals surface area contributed by atoms with Gasteiger partial charge in [0.05, 0.1) is 48.2 Å². The molecular formula is C36H74Cl3F10N2NaO4S2. The Morgan fingerprint density at radius 3 is 1.16 bits per heavy atom. The predicted octanol–water partition coefficient (Wildman–Crippen LogP) is 0.436. The molecule has 0 saturated heterocycles. The van der Waals surface area contributed by atoms with E-state index in [1.807, 2.05) is 42.3 Å². The van der Waals surface area contributed by atoms with Gasteiger partial charge in [-0.15, -0.1) is 11.6 Å². The zero-order valence-corrected chi connectivity index (χ0v) is 42.7. The second kappa shape index (κ2) is 33.2. The maximum atomic E-state index is 14.0. The van der Waals surface area contributed by atoms with E-state index in [2.05, 4.69) is 12.6 Å². The first kappa shape index (κ1) is 76.9. The Morgan fingerprint density at radius 1 is 0.603 bits per heavy atom. The topological polar surface area (TPSA) is 102 Å². The number of quaternary nitrogens is 2. The number of hydrogen-bond donors (Lipinski definition) is 3. The van der Waals surface area contributed by atoms with E-state index in [0.717, 1.165) is 4.48 Å². The number of rotatable bonds is 22. The van der Waals surface area contributed by atoms with Crippen molar-refractivity contribution in [2.24, 2.45) is 11.8 Å². The minimum absolute atomic E-state index is 0. The van der Waals surface area contributed by atoms with Crippen molar-refractivity contribution in [1.82, 2.24) is 0 Å². The van der Waals surface area contributed by atoms with E-state index in [1.54, 1.807) is 0 Å². The predicted molar refractivity (Wildman–Crippen MR) is 211 cm³/mol. The summed E-state index contributed by atoms with van der Waals surface area (Å²) in [6, 6.07) is 0. The van der Waals surface area contributed by atoms with Crippen molar-refractivity contribution in [3.8, 4) is 0 Å². The number of alkyl halides is 11. The Hall–Kier alpha value is 1.63. The number of aliphatic hydroxyl groups is 2. The molecule has 5 N–H and O–H groups in total. The summed E-state index contributed by atoms with van der Waals surface area (Å²) in [5, 5.41) is 19.0. The van der Waals surface area contributed by atoms with Gasteiger partial charge in [-0.1, -0.05) is 0 Å². The molecule has 0 saturated carbocycles. The first-order valence-electron chi connectivity index (χ1n) is 17.9. The molecule has 6 unspecified atom stereocenters. The van der Waals surface area contributed by atoms with Crippen LogP contribution in [0.5, 0.6) is 0 Å². The summed E-state index contributed by atoms with van der Waals surface area (Å²) in [6.45, 7) is 7.57. The van der Waals surface area contributed by atoms with E-state index < -0.39 is 65.8 Å². The van der Waals surface area contributed by atoms with Gasteiger partial charge in [-0.3, -0.25) is 0 Å². The first-order chi connectivity index (χ1) is 23.3. The van der Waals surface area contributed by atoms with E-state index >= 15 is 0 Å². The molecule has 0 aliphatic carbocycles. The minimum Gasteiger partial charge on any atom is -1.00 e. The van der Waals surface area contributed by atoms with Gasteiger partial charge in [0.15, 0.2) is 0 Å². The van der Waals surface area contributed by atoms with E-state index in [9.17, 15) is 49.0 Å². The first-order valence-corrected chi connectivity index (χ1v) is 20.2. The fourth-order valence-corrected chi connectivity index (χ4v) is 6.88. The van der Waals surface area contributed by atoms with Crippen molar-refractivity contribution in [3.05, 3.63) is 0 Å². The van der Waals surface area contributed by atoms with Crippen molar-refractivity contribution in [2.45, 2.75) is 140 Å². The zero-order valence-electron chi connectivity index (χ0n) is 36.7. The molecule has 356 valence electrons. The molecule has 0 fully saturated rings. The molecule has 0 aromatic rings. The second-order valence-corrected chi connectivity index (χ2v) is 19.8. The van der Waals surface area contributed by atoms with Crippen LogP contribution in [0.15, 0.2) is 0 Å². The number of likely N-dealkylation sites (N-methyl/N-ethyl adjacent to an activating group) is 2. The van der Waals surface area contributed by atoms with Crippen LogP contribution in [-0.4, -0.2) is 156 Å². The third-order valence-electron chi connectivity index (χ3n) is 7.75. The quantitative estimate of drug-likeness (QED) is 0.0367. The normalized spacial score (nSPS) is 16.4. The molecular weight excluding hydrogens is 908 g/mol. The molecule has 0 spiro atoms. The van der Waals surface area contributed by atoms with Crippen molar-refractivity contribution >= 4 is 36.0 Å². The molecule has 0 heterocycles. The molecule has 0 aromatic carbocycles. The van der Waals surface area contributed by atoms with Gasteiger partial charge < -0.3 is 54.9 Å². The van der Waals surface area contributed by atoms with Crippen LogP contribution in [0.4, 0.5) is 43.9 Å². The molecule has 58 heavy (non-hydrogen) atoms. The Labute approximate surface area is 392 Å². The maximum absolute atomic E-state index is 14.0. The molecule has 0 radical (unpaired) electrons. The average Bonchev–Trinajstić information content (AvgIpc) is 2.86. The Balaban J connectivity index is -0.000000114. The Morgan fingerprint density at radius 2 is 0.914 bits per heavy atom. The van der Waals surface area contributed by atoms with E-state index in [0.29, 0.717) is 80.2 Å². The average molecular weight is 982 g/mol. The van der Waals surface area contributed by atoms with Gasteiger partial charge in [-0.25, -0.2) is 17.6 Å². The molecule has 0 aliphatic heterocycles. The molecule has 0 aromatic heterocycles. The standard InChI is InChI=1S/C18H35F5NOS.C12H21F5S.C6H15ClNO.2ClH.Na.2H2O/c1-16(2,19)10-14(11-17(3,20)18(21,22)23)8-7-9-26-13-15(25)12-24(4,5)6;1-10(2,13)7-9(5-4-6-18)8-11(3,14)12(15,16)17;1-8(2,3)5-6(9)4-7;;;;;/h14-15,25H,7-13H2,1-6H3;9,18H,4-8H2,1-3H3;6,9H,4-5H2,1-3H3;2*1H;;2*1H2/q+1;;+1;;;+1;;/p-3. The van der Waals surface area contributed by atoms with Crippen LogP contribution in [0.2, 0.25) is 0 Å². The number of hydrogen-bond acceptors (Lipinski definition) is 5. The zero-order chi connectivity index (χ0) is 42.9. The van der Waals surface area contributed by atoms with Crippen LogP contribution < -0.4 is 54.4 Å². The maximum Gasteiger partial charge on any atom is 1.00 e. The second-order valence-electron chi connectivity index (χ2n) is 17.9. The molecule has 6 nitrogen and oxygen atoms in total. The third kappa shape index (κ3) is 45.6. The fraction of sp³-hybridized carbons (Fsp3) is 1.00. The summed E-state index contributed by atoms with van der Waals surface area (Å²) in [5.41, 5.74) is -9.81. The van der Waals surface area contributed by atoms with Crippen molar-refractivity contribution in [2.75, 3.05) is 78.5 Å². The minimum atomic E-state index is -4.95. The van der Waals surface area contributed by atoms with Crippen LogP contribution in [-0.2, 0) is 0 Å². The van der Waals surface area contributed by atoms with Gasteiger partial charge in [0.2, 0.25) is 11.3 Å². The number of thioether (sulfide) groups is 1. The molecule has 0 amide bonds. The van der Waals surface area contributed by atoms with Gasteiger partial charge in [-0.05, 0) is 116 Å². The summed E-state index contributed by atoms with van der Waals surface area (Å²) >= 11 is 10.9. The molecule has 0 aliphatic rings. The van der Waals surface area contributed by atoms with Crippen LogP contribution in [0, 0.1) is 11.8 Å². The number of nitrogens with zero attached hydrogens (tertiary/aromatic N) is 2. The van der Waals surface area contributed by atoms with Crippen LogP contribution in [0.25, 0.3) is 0 Å². The monoisotopic (exact) mass is 980 g/mol. The van der Waals surface area contributed by atoms with Crippen LogP contribution >= 0.6 is 36.0 Å². The molecule has 22 heteroatoms. The number of thiol groups is 1. The van der Waals surface area contributed by atoms with Gasteiger partial charge >= 0.3 is 41.9 Å². The van der Waals surface area contributed by atoms with Crippen LogP contribution in [0.1, 0.15) is 92.9 Å². The van der Waals surface area contributed by atoms with E-state index in [1.165, 1.54) is 39.5 Å². The third-order valence-corrected chi connectivity index (χ3v) is 9.62. The SMILES string of the molecule is CC(C)(F)CC(CCCS)CC(C)(F)C(F)(F)F.CC(C)(F)CC(CCCSCC(O)C[N+](C)(C)C)CC(C)(F)C(F)(F)F.C[N+](C)(C)CC(O)CCl.O.[Cl-].[Cl-].[Na+].[OH-]. The fourth-order valence-electron chi connectivity index (χ4n) is 5.68. The number of halogens is 13. The van der Waals surface area contributed by atoms with Gasteiger partial charge in [0, 0.05) is 5.75 Å². The van der Waals surface area contributed by atoms with E-state index in [-0.39, 0.29) is 84.3 Å². The summed E-state index contributed by atoms with van der Waals surface area (Å²) < 4.78 is 132. The summed E-state index contributed by atoms with van der Waals surface area (Å²) in [7, 11) is 12.0. The van der Waals surface area contributed by atoms with E-state index in [4.69, 9.17) is 16.7 Å². The van der Waals surface area contributed by atoms with Crippen molar-refractivity contribution in [1.29, 1.82) is 0 Å². The molecule has 6 atom stereocenters.